The van der Waals surface area contributed by atoms with Crippen molar-refractivity contribution in [2.24, 2.45) is 5.92 Å². The van der Waals surface area contributed by atoms with Crippen LogP contribution in [0.3, 0.4) is 0 Å². The lowest BCUT2D eigenvalue weighted by atomic mass is 9.71. The molecule has 0 unspecified atom stereocenters. The van der Waals surface area contributed by atoms with Crippen molar-refractivity contribution in [2.75, 3.05) is 35.2 Å². The van der Waals surface area contributed by atoms with Crippen molar-refractivity contribution < 1.29 is 46.4 Å². The number of methoxy groups -OCH3 is 4. The van der Waals surface area contributed by atoms with Gasteiger partial charge in [-0.3, -0.25) is 4.79 Å². The molecule has 1 N–H and O–H groups in total. The minimum absolute atomic E-state index is 0.0310. The van der Waals surface area contributed by atoms with Crippen molar-refractivity contribution in [2.45, 2.75) is 12.1 Å². The van der Waals surface area contributed by atoms with Gasteiger partial charge >= 0.3 is 12.1 Å². The summed E-state index contributed by atoms with van der Waals surface area (Å²) in [5.41, 5.74) is 1.98. The van der Waals surface area contributed by atoms with Crippen LogP contribution < -0.4 is 23.7 Å². The lowest BCUT2D eigenvalue weighted by Gasteiger charge is -2.33. The molecule has 0 bridgehead atoms. The number of hydrogen-bond acceptors (Lipinski definition) is 8. The molecule has 0 spiro atoms. The highest BCUT2D eigenvalue weighted by molar-refractivity contribution is 9.10. The quantitative estimate of drug-likeness (QED) is 0.232. The molecule has 1 aliphatic carbocycles. The van der Waals surface area contributed by atoms with Gasteiger partial charge in [0.25, 0.3) is 0 Å². The zero-order valence-electron chi connectivity index (χ0n) is 23.2. The lowest BCUT2D eigenvalue weighted by Crippen LogP contribution is -2.29. The minimum Gasteiger partial charge on any atom is -0.493 e. The first kappa shape index (κ1) is 28.7. The van der Waals surface area contributed by atoms with Gasteiger partial charge in [0.15, 0.2) is 23.0 Å². The number of aromatic amines is 1. The molecule has 3 aromatic carbocycles. The SMILES string of the molecule is COC(=O)[C@H]1C(c2nc3c(Br)cc(C(F)(F)F)cc3[nH]2)=Cc2cc3c(cc2[C@H]1c1cc(OC)c(OC)c(OC)c1)OCO3. The molecule has 0 saturated carbocycles. The summed E-state index contributed by atoms with van der Waals surface area (Å²) in [4.78, 5) is 21.3. The Balaban J connectivity index is 1.62. The summed E-state index contributed by atoms with van der Waals surface area (Å²) < 4.78 is 74.2. The number of benzene rings is 3. The maximum Gasteiger partial charge on any atom is 0.416 e. The summed E-state index contributed by atoms with van der Waals surface area (Å²) in [5, 5.41) is 0. The second kappa shape index (κ2) is 10.7. The fourth-order valence-corrected chi connectivity index (χ4v) is 6.17. The highest BCUT2D eigenvalue weighted by atomic mass is 79.9. The van der Waals surface area contributed by atoms with E-state index in [9.17, 15) is 18.0 Å². The van der Waals surface area contributed by atoms with Crippen LogP contribution in [0.15, 0.2) is 40.9 Å². The number of hydrogen-bond donors (Lipinski definition) is 1. The smallest absolute Gasteiger partial charge is 0.416 e. The first-order chi connectivity index (χ1) is 20.6. The van der Waals surface area contributed by atoms with Gasteiger partial charge < -0.3 is 33.4 Å². The van der Waals surface area contributed by atoms with Gasteiger partial charge in [-0.1, -0.05) is 0 Å². The molecule has 224 valence electrons. The molecule has 13 heteroatoms. The Morgan fingerprint density at radius 3 is 2.26 bits per heavy atom. The van der Waals surface area contributed by atoms with Crippen molar-refractivity contribution in [3.63, 3.8) is 0 Å². The van der Waals surface area contributed by atoms with E-state index >= 15 is 0 Å². The van der Waals surface area contributed by atoms with Crippen LogP contribution >= 0.6 is 15.9 Å². The lowest BCUT2D eigenvalue weighted by molar-refractivity contribution is -0.143. The standard InChI is InChI=1S/C30H24BrF3N2O7/c1-38-22-7-14(8-23(39-2)27(22)40-3)24-16-11-21-20(42-12-43-21)6-13(16)5-17(25(24)29(37)41-4)28-35-19-10-15(30(32,33)34)9-18(31)26(19)36-28/h5-11,24-25H,12H2,1-4H3,(H,35,36)/t24-,25+/m1/s1. The van der Waals surface area contributed by atoms with Crippen LogP contribution in [-0.4, -0.2) is 51.2 Å². The van der Waals surface area contributed by atoms with E-state index in [2.05, 4.69) is 25.9 Å². The molecule has 6 rings (SSSR count). The number of carbonyl (C=O) groups excluding carboxylic acids is 1. The Labute approximate surface area is 251 Å². The molecule has 0 radical (unpaired) electrons. The molecule has 0 fully saturated rings. The van der Waals surface area contributed by atoms with Gasteiger partial charge in [0, 0.05) is 16.0 Å². The Morgan fingerprint density at radius 1 is 0.977 bits per heavy atom. The Bertz CT molecular complexity index is 1780. The predicted molar refractivity (Wildman–Crippen MR) is 153 cm³/mol. The molecule has 2 heterocycles. The number of aromatic nitrogens is 2. The number of carbonyl (C=O) groups is 1. The zero-order chi connectivity index (χ0) is 30.6. The van der Waals surface area contributed by atoms with Gasteiger partial charge in [-0.15, -0.1) is 0 Å². The Morgan fingerprint density at radius 2 is 1.65 bits per heavy atom. The first-order valence-corrected chi connectivity index (χ1v) is 13.7. The second-order valence-electron chi connectivity index (χ2n) is 9.81. The number of ether oxygens (including phenoxy) is 6. The van der Waals surface area contributed by atoms with Crippen LogP contribution in [0.25, 0.3) is 22.7 Å². The zero-order valence-corrected chi connectivity index (χ0v) is 24.8. The number of rotatable bonds is 6. The van der Waals surface area contributed by atoms with Gasteiger partial charge in [0.05, 0.1) is 45.4 Å². The summed E-state index contributed by atoms with van der Waals surface area (Å²) >= 11 is 3.23. The largest absolute Gasteiger partial charge is 0.493 e. The number of halogens is 4. The van der Waals surface area contributed by atoms with E-state index in [4.69, 9.17) is 28.4 Å². The molecular weight excluding hydrogens is 637 g/mol. The number of H-pyrrole nitrogens is 1. The van der Waals surface area contributed by atoms with Crippen molar-refractivity contribution >= 4 is 44.6 Å². The highest BCUT2D eigenvalue weighted by Crippen LogP contribution is 2.52. The summed E-state index contributed by atoms with van der Waals surface area (Å²) in [6.45, 7) is 0.0310. The van der Waals surface area contributed by atoms with Gasteiger partial charge in [-0.05, 0) is 75.1 Å². The number of nitrogens with zero attached hydrogens (tertiary/aromatic N) is 1. The molecule has 0 amide bonds. The third-order valence-electron chi connectivity index (χ3n) is 7.53. The van der Waals surface area contributed by atoms with E-state index in [1.54, 1.807) is 30.3 Å². The van der Waals surface area contributed by atoms with Gasteiger partial charge in [0.2, 0.25) is 12.5 Å². The monoisotopic (exact) mass is 660 g/mol. The molecule has 2 aliphatic rings. The van der Waals surface area contributed by atoms with Gasteiger partial charge in [-0.2, -0.15) is 13.2 Å². The molecule has 1 aromatic heterocycles. The third-order valence-corrected chi connectivity index (χ3v) is 8.14. The maximum absolute atomic E-state index is 13.7. The Kier molecular flexibility index (Phi) is 7.15. The van der Waals surface area contributed by atoms with Crippen molar-refractivity contribution in [1.82, 2.24) is 9.97 Å². The fraction of sp³-hybridized carbons (Fsp3) is 0.267. The molecule has 4 aromatic rings. The normalized spacial score (nSPS) is 17.3. The van der Waals surface area contributed by atoms with E-state index < -0.39 is 29.5 Å². The van der Waals surface area contributed by atoms with Crippen LogP contribution in [0, 0.1) is 5.92 Å². The van der Waals surface area contributed by atoms with Gasteiger partial charge in [-0.25, -0.2) is 4.98 Å². The van der Waals surface area contributed by atoms with Crippen LogP contribution in [0.4, 0.5) is 13.2 Å². The average molecular weight is 661 g/mol. The number of nitrogens with one attached hydrogen (secondary N) is 1. The van der Waals surface area contributed by atoms with E-state index in [-0.39, 0.29) is 28.1 Å². The van der Waals surface area contributed by atoms with Crippen LogP contribution in [0.5, 0.6) is 28.7 Å². The summed E-state index contributed by atoms with van der Waals surface area (Å²) in [6, 6.07) is 9.02. The topological polar surface area (TPSA) is 101 Å². The van der Waals surface area contributed by atoms with Crippen LogP contribution in [-0.2, 0) is 15.7 Å². The molecule has 43 heavy (non-hydrogen) atoms. The van der Waals surface area contributed by atoms with E-state index in [0.717, 1.165) is 12.1 Å². The highest BCUT2D eigenvalue weighted by Gasteiger charge is 2.42. The molecule has 2 atom stereocenters. The number of imidazole rings is 1. The third kappa shape index (κ3) is 4.81. The summed E-state index contributed by atoms with van der Waals surface area (Å²) in [6.07, 6.45) is -2.82. The van der Waals surface area contributed by atoms with E-state index in [1.807, 2.05) is 0 Å². The van der Waals surface area contributed by atoms with Crippen molar-refractivity contribution in [1.29, 1.82) is 0 Å². The first-order valence-electron chi connectivity index (χ1n) is 12.9. The second-order valence-corrected chi connectivity index (χ2v) is 10.7. The Hall–Kier alpha value is -4.39. The van der Waals surface area contributed by atoms with E-state index in [0.29, 0.717) is 51.0 Å². The number of esters is 1. The fourth-order valence-electron chi connectivity index (χ4n) is 5.62. The number of fused-ring (bicyclic) bond motifs is 3. The molecule has 0 saturated heterocycles. The summed E-state index contributed by atoms with van der Waals surface area (Å²) in [7, 11) is 5.72. The van der Waals surface area contributed by atoms with Crippen LogP contribution in [0.1, 0.15) is 34.0 Å². The average Bonchev–Trinajstić information content (AvgIpc) is 3.64. The minimum atomic E-state index is -4.57. The predicted octanol–water partition coefficient (Wildman–Crippen LogP) is 6.57. The van der Waals surface area contributed by atoms with Gasteiger partial charge in [0.1, 0.15) is 11.3 Å². The van der Waals surface area contributed by atoms with Crippen molar-refractivity contribution in [3.05, 3.63) is 68.9 Å². The maximum atomic E-state index is 13.7. The van der Waals surface area contributed by atoms with Crippen LogP contribution in [0.2, 0.25) is 0 Å². The number of alkyl halides is 3. The summed E-state index contributed by atoms with van der Waals surface area (Å²) in [5.74, 6) is 0.0201. The molecule has 9 nitrogen and oxygen atoms in total. The molecular formula is C30H24BrF3N2O7. The molecule has 1 aliphatic heterocycles. The van der Waals surface area contributed by atoms with E-state index in [1.165, 1.54) is 28.4 Å². The van der Waals surface area contributed by atoms with Crippen molar-refractivity contribution in [3.8, 4) is 28.7 Å².